The van der Waals surface area contributed by atoms with Gasteiger partial charge in [-0.15, -0.1) is 0 Å². The summed E-state index contributed by atoms with van der Waals surface area (Å²) in [4.78, 5) is 4.16. The number of aromatic nitrogens is 1. The van der Waals surface area contributed by atoms with E-state index < -0.39 is 0 Å². The van der Waals surface area contributed by atoms with Crippen LogP contribution in [-0.2, 0) is 6.42 Å². The molecule has 1 heterocycles. The van der Waals surface area contributed by atoms with Crippen molar-refractivity contribution in [2.45, 2.75) is 32.2 Å². The van der Waals surface area contributed by atoms with E-state index in [9.17, 15) is 0 Å². The summed E-state index contributed by atoms with van der Waals surface area (Å²) in [5.74, 6) is 0. The average molecular weight is 254 g/mol. The van der Waals surface area contributed by atoms with E-state index in [1.807, 2.05) is 18.5 Å². The van der Waals surface area contributed by atoms with Crippen LogP contribution in [0.3, 0.4) is 0 Å². The molecular formula is C17H22N2. The second-order valence-corrected chi connectivity index (χ2v) is 4.77. The molecule has 0 saturated carbocycles. The maximum absolute atomic E-state index is 4.16. The smallest absolute Gasteiger partial charge is 0.0320 e. The lowest BCUT2D eigenvalue weighted by molar-refractivity contribution is 0.498. The third-order valence-corrected chi connectivity index (χ3v) is 3.33. The first-order chi connectivity index (χ1) is 9.40. The summed E-state index contributed by atoms with van der Waals surface area (Å²) in [6.45, 7) is 3.17. The van der Waals surface area contributed by atoms with Gasteiger partial charge in [-0.05, 0) is 43.0 Å². The predicted octanol–water partition coefficient (Wildman–Crippen LogP) is 3.76. The zero-order valence-corrected chi connectivity index (χ0v) is 11.5. The van der Waals surface area contributed by atoms with E-state index in [4.69, 9.17) is 0 Å². The van der Waals surface area contributed by atoms with Crippen LogP contribution in [0.1, 0.15) is 36.9 Å². The fourth-order valence-corrected chi connectivity index (χ4v) is 2.37. The molecule has 1 aromatic heterocycles. The average Bonchev–Trinajstić information content (AvgIpc) is 2.48. The molecule has 0 radical (unpaired) electrons. The number of hydrogen-bond donors (Lipinski definition) is 1. The largest absolute Gasteiger partial charge is 0.310 e. The van der Waals surface area contributed by atoms with Crippen LogP contribution >= 0.6 is 0 Å². The number of nitrogens with zero attached hydrogens (tertiary/aromatic N) is 1. The Hall–Kier alpha value is -1.67. The number of aryl methyl sites for hydroxylation is 1. The molecule has 1 N–H and O–H groups in total. The van der Waals surface area contributed by atoms with Crippen LogP contribution < -0.4 is 5.32 Å². The molecule has 2 rings (SSSR count). The van der Waals surface area contributed by atoms with Gasteiger partial charge in [0, 0.05) is 18.4 Å². The topological polar surface area (TPSA) is 24.9 Å². The molecule has 0 spiro atoms. The summed E-state index contributed by atoms with van der Waals surface area (Å²) in [5.41, 5.74) is 2.71. The Bertz CT molecular complexity index is 453. The van der Waals surface area contributed by atoms with Gasteiger partial charge in [0.25, 0.3) is 0 Å². The molecule has 0 aliphatic rings. The van der Waals surface area contributed by atoms with Crippen LogP contribution in [0.5, 0.6) is 0 Å². The highest BCUT2D eigenvalue weighted by atomic mass is 14.9. The molecule has 19 heavy (non-hydrogen) atoms. The minimum Gasteiger partial charge on any atom is -0.310 e. The standard InChI is InChI=1S/C17H22N2/c1-2-19-17(16-10-4-3-5-11-16)12-6-8-15-9-7-13-18-14-15/h3-5,7,9-11,13-14,17,19H,2,6,8,12H2,1H3. The fourth-order valence-electron chi connectivity index (χ4n) is 2.37. The molecule has 0 aliphatic heterocycles. The molecule has 1 atom stereocenters. The van der Waals surface area contributed by atoms with Crippen molar-refractivity contribution in [1.82, 2.24) is 10.3 Å². The fraction of sp³-hybridized carbons (Fsp3) is 0.353. The molecule has 0 aliphatic carbocycles. The summed E-state index contributed by atoms with van der Waals surface area (Å²) in [6, 6.07) is 15.3. The van der Waals surface area contributed by atoms with Crippen molar-refractivity contribution in [1.29, 1.82) is 0 Å². The molecule has 2 nitrogen and oxygen atoms in total. The van der Waals surface area contributed by atoms with Crippen LogP contribution in [0.15, 0.2) is 54.9 Å². The zero-order chi connectivity index (χ0) is 13.3. The third-order valence-electron chi connectivity index (χ3n) is 3.33. The first kappa shape index (κ1) is 13.8. The highest BCUT2D eigenvalue weighted by Gasteiger charge is 2.09. The van der Waals surface area contributed by atoms with Crippen molar-refractivity contribution in [2.24, 2.45) is 0 Å². The van der Waals surface area contributed by atoms with Gasteiger partial charge >= 0.3 is 0 Å². The number of rotatable bonds is 7. The number of nitrogens with one attached hydrogen (secondary N) is 1. The van der Waals surface area contributed by atoms with Crippen molar-refractivity contribution in [2.75, 3.05) is 6.54 Å². The van der Waals surface area contributed by atoms with Crippen molar-refractivity contribution in [3.63, 3.8) is 0 Å². The van der Waals surface area contributed by atoms with Crippen LogP contribution in [0.25, 0.3) is 0 Å². The summed E-state index contributed by atoms with van der Waals surface area (Å²) in [6.07, 6.45) is 7.23. The molecular weight excluding hydrogens is 232 g/mol. The van der Waals surface area contributed by atoms with E-state index in [2.05, 4.69) is 53.6 Å². The normalized spacial score (nSPS) is 12.3. The van der Waals surface area contributed by atoms with E-state index in [-0.39, 0.29) is 0 Å². The minimum absolute atomic E-state index is 0.461. The molecule has 2 aromatic rings. The van der Waals surface area contributed by atoms with Gasteiger partial charge in [0.1, 0.15) is 0 Å². The molecule has 0 fully saturated rings. The first-order valence-corrected chi connectivity index (χ1v) is 7.07. The molecule has 1 unspecified atom stereocenters. The van der Waals surface area contributed by atoms with E-state index in [1.54, 1.807) is 0 Å². The van der Waals surface area contributed by atoms with Gasteiger partial charge in [-0.2, -0.15) is 0 Å². The Labute approximate surface area is 115 Å². The van der Waals surface area contributed by atoms with Gasteiger partial charge < -0.3 is 5.32 Å². The van der Waals surface area contributed by atoms with Gasteiger partial charge in [0.15, 0.2) is 0 Å². The van der Waals surface area contributed by atoms with Crippen molar-refractivity contribution < 1.29 is 0 Å². The Morgan fingerprint density at radius 1 is 1.11 bits per heavy atom. The monoisotopic (exact) mass is 254 g/mol. The Morgan fingerprint density at radius 3 is 2.63 bits per heavy atom. The lowest BCUT2D eigenvalue weighted by Crippen LogP contribution is -2.20. The van der Waals surface area contributed by atoms with Crippen LogP contribution in [-0.4, -0.2) is 11.5 Å². The summed E-state index contributed by atoms with van der Waals surface area (Å²) < 4.78 is 0. The number of pyridine rings is 1. The Kier molecular flexibility index (Phi) is 5.57. The van der Waals surface area contributed by atoms with Crippen molar-refractivity contribution in [3.05, 3.63) is 66.0 Å². The lowest BCUT2D eigenvalue weighted by atomic mass is 9.99. The van der Waals surface area contributed by atoms with Gasteiger partial charge in [-0.3, -0.25) is 4.98 Å². The highest BCUT2D eigenvalue weighted by Crippen LogP contribution is 2.19. The van der Waals surface area contributed by atoms with Gasteiger partial charge in [0.2, 0.25) is 0 Å². The lowest BCUT2D eigenvalue weighted by Gasteiger charge is -2.18. The Morgan fingerprint density at radius 2 is 1.95 bits per heavy atom. The predicted molar refractivity (Wildman–Crippen MR) is 80.0 cm³/mol. The summed E-state index contributed by atoms with van der Waals surface area (Å²) in [7, 11) is 0. The minimum atomic E-state index is 0.461. The molecule has 0 saturated heterocycles. The maximum Gasteiger partial charge on any atom is 0.0320 e. The molecule has 2 heteroatoms. The highest BCUT2D eigenvalue weighted by molar-refractivity contribution is 5.19. The quantitative estimate of drug-likeness (QED) is 0.814. The molecule has 0 amide bonds. The van der Waals surface area contributed by atoms with E-state index in [0.29, 0.717) is 6.04 Å². The molecule has 1 aromatic carbocycles. The van der Waals surface area contributed by atoms with Gasteiger partial charge in [0.05, 0.1) is 0 Å². The number of benzene rings is 1. The van der Waals surface area contributed by atoms with E-state index >= 15 is 0 Å². The number of hydrogen-bond acceptors (Lipinski definition) is 2. The van der Waals surface area contributed by atoms with Crippen molar-refractivity contribution >= 4 is 0 Å². The third kappa shape index (κ3) is 4.49. The molecule has 100 valence electrons. The van der Waals surface area contributed by atoms with Gasteiger partial charge in [-0.25, -0.2) is 0 Å². The van der Waals surface area contributed by atoms with E-state index in [0.717, 1.165) is 19.4 Å². The second kappa shape index (κ2) is 7.70. The first-order valence-electron chi connectivity index (χ1n) is 7.07. The zero-order valence-electron chi connectivity index (χ0n) is 11.5. The second-order valence-electron chi connectivity index (χ2n) is 4.77. The Balaban J connectivity index is 1.87. The molecule has 0 bridgehead atoms. The SMILES string of the molecule is CCNC(CCCc1cccnc1)c1ccccc1. The van der Waals surface area contributed by atoms with Crippen LogP contribution in [0.4, 0.5) is 0 Å². The van der Waals surface area contributed by atoms with Crippen LogP contribution in [0.2, 0.25) is 0 Å². The summed E-state index contributed by atoms with van der Waals surface area (Å²) >= 11 is 0. The van der Waals surface area contributed by atoms with Crippen LogP contribution in [0, 0.1) is 0 Å². The maximum atomic E-state index is 4.16. The van der Waals surface area contributed by atoms with Gasteiger partial charge in [-0.1, -0.05) is 43.3 Å². The van der Waals surface area contributed by atoms with Crippen molar-refractivity contribution in [3.8, 4) is 0 Å². The van der Waals surface area contributed by atoms with E-state index in [1.165, 1.54) is 17.5 Å². The summed E-state index contributed by atoms with van der Waals surface area (Å²) in [5, 5.41) is 3.57.